The van der Waals surface area contributed by atoms with Gasteiger partial charge in [-0.05, 0) is 17.7 Å². The van der Waals surface area contributed by atoms with Crippen molar-refractivity contribution >= 4 is 16.8 Å². The Morgan fingerprint density at radius 3 is 2.80 bits per heavy atom. The van der Waals surface area contributed by atoms with Crippen molar-refractivity contribution in [2.75, 3.05) is 7.05 Å². The summed E-state index contributed by atoms with van der Waals surface area (Å²) < 4.78 is 2.14. The van der Waals surface area contributed by atoms with Crippen LogP contribution in [0.2, 0.25) is 0 Å². The predicted octanol–water partition coefficient (Wildman–Crippen LogP) is 2.28. The molecule has 1 aromatic carbocycles. The monoisotopic (exact) mass is 273 g/mol. The summed E-state index contributed by atoms with van der Waals surface area (Å²) in [7, 11) is 1.67. The number of benzene rings is 1. The van der Waals surface area contributed by atoms with Gasteiger partial charge in [0, 0.05) is 49.7 Å². The molecule has 0 aliphatic rings. The third kappa shape index (κ3) is 3.39. The number of hydrogen-bond acceptors (Lipinski definition) is 2. The Balaban J connectivity index is 2.18. The van der Waals surface area contributed by atoms with Crippen molar-refractivity contribution < 1.29 is 4.79 Å². The maximum Gasteiger partial charge on any atom is 0.221 e. The van der Waals surface area contributed by atoms with Crippen LogP contribution in [0.1, 0.15) is 25.8 Å². The molecule has 0 bridgehead atoms. The minimum atomic E-state index is 0.0736. The van der Waals surface area contributed by atoms with Gasteiger partial charge < -0.3 is 15.2 Å². The standard InChI is InChI=1S/C16H23N3O/c1-12(2)18-11-13-5-4-6-15-14(13)7-9-19(15)10-8-16(20)17-3/h4-7,9,12,18H,8,10-11H2,1-3H3,(H,17,20). The van der Waals surface area contributed by atoms with E-state index < -0.39 is 0 Å². The van der Waals surface area contributed by atoms with Crippen molar-refractivity contribution in [1.29, 1.82) is 0 Å². The van der Waals surface area contributed by atoms with Gasteiger partial charge in [0.2, 0.25) is 5.91 Å². The lowest BCUT2D eigenvalue weighted by Gasteiger charge is -2.10. The molecular weight excluding hydrogens is 250 g/mol. The number of hydrogen-bond donors (Lipinski definition) is 2. The van der Waals surface area contributed by atoms with Crippen LogP contribution in [0.15, 0.2) is 30.5 Å². The molecule has 0 saturated heterocycles. The molecule has 0 aliphatic heterocycles. The van der Waals surface area contributed by atoms with E-state index in [4.69, 9.17) is 0 Å². The van der Waals surface area contributed by atoms with Crippen LogP contribution in [0.5, 0.6) is 0 Å². The van der Waals surface area contributed by atoms with Crippen molar-refractivity contribution in [2.24, 2.45) is 0 Å². The molecule has 1 aromatic heterocycles. The van der Waals surface area contributed by atoms with E-state index in [9.17, 15) is 4.79 Å². The van der Waals surface area contributed by atoms with Crippen molar-refractivity contribution in [3.8, 4) is 0 Å². The molecular formula is C16H23N3O. The Bertz CT molecular complexity index is 586. The quantitative estimate of drug-likeness (QED) is 0.848. The fraction of sp³-hybridized carbons (Fsp3) is 0.438. The molecule has 4 heteroatoms. The average Bonchev–Trinajstić information content (AvgIpc) is 2.86. The third-order valence-electron chi connectivity index (χ3n) is 3.46. The van der Waals surface area contributed by atoms with Crippen LogP contribution in [0.3, 0.4) is 0 Å². The summed E-state index contributed by atoms with van der Waals surface area (Å²) in [4.78, 5) is 11.4. The number of nitrogens with one attached hydrogen (secondary N) is 2. The normalized spacial score (nSPS) is 11.2. The van der Waals surface area contributed by atoms with Crippen LogP contribution < -0.4 is 10.6 Å². The summed E-state index contributed by atoms with van der Waals surface area (Å²) in [5.74, 6) is 0.0736. The van der Waals surface area contributed by atoms with Gasteiger partial charge in [-0.1, -0.05) is 26.0 Å². The van der Waals surface area contributed by atoms with E-state index in [1.54, 1.807) is 7.05 Å². The van der Waals surface area contributed by atoms with E-state index in [2.05, 4.69) is 59.5 Å². The molecule has 0 fully saturated rings. The van der Waals surface area contributed by atoms with E-state index in [0.717, 1.165) is 6.54 Å². The number of nitrogens with zero attached hydrogens (tertiary/aromatic N) is 1. The van der Waals surface area contributed by atoms with Crippen LogP contribution >= 0.6 is 0 Å². The van der Waals surface area contributed by atoms with Crippen molar-refractivity contribution in [2.45, 2.75) is 39.4 Å². The molecule has 20 heavy (non-hydrogen) atoms. The van der Waals surface area contributed by atoms with Crippen LogP contribution in [0.4, 0.5) is 0 Å². The van der Waals surface area contributed by atoms with E-state index in [1.807, 2.05) is 0 Å². The number of amides is 1. The summed E-state index contributed by atoms with van der Waals surface area (Å²) in [6.45, 7) is 5.88. The van der Waals surface area contributed by atoms with Gasteiger partial charge in [-0.2, -0.15) is 0 Å². The second-order valence-corrected chi connectivity index (χ2v) is 5.32. The summed E-state index contributed by atoms with van der Waals surface area (Å²) in [6, 6.07) is 8.95. The lowest BCUT2D eigenvalue weighted by Crippen LogP contribution is -2.21. The SMILES string of the molecule is CNC(=O)CCn1ccc2c(CNC(C)C)cccc21. The summed E-state index contributed by atoms with van der Waals surface area (Å²) in [6.07, 6.45) is 2.57. The molecule has 0 aliphatic carbocycles. The predicted molar refractivity (Wildman–Crippen MR) is 82.6 cm³/mol. The topological polar surface area (TPSA) is 46.1 Å². The van der Waals surface area contributed by atoms with Gasteiger partial charge in [-0.25, -0.2) is 0 Å². The Hall–Kier alpha value is -1.81. The molecule has 0 spiro atoms. The van der Waals surface area contributed by atoms with E-state index in [0.29, 0.717) is 19.0 Å². The first kappa shape index (κ1) is 14.6. The van der Waals surface area contributed by atoms with Crippen molar-refractivity contribution in [3.63, 3.8) is 0 Å². The van der Waals surface area contributed by atoms with Gasteiger partial charge in [-0.15, -0.1) is 0 Å². The Morgan fingerprint density at radius 1 is 1.30 bits per heavy atom. The smallest absolute Gasteiger partial charge is 0.221 e. The van der Waals surface area contributed by atoms with Crippen LogP contribution in [0.25, 0.3) is 10.9 Å². The molecule has 0 unspecified atom stereocenters. The van der Waals surface area contributed by atoms with Gasteiger partial charge in [-0.3, -0.25) is 4.79 Å². The Morgan fingerprint density at radius 2 is 2.10 bits per heavy atom. The zero-order chi connectivity index (χ0) is 14.5. The molecule has 0 radical (unpaired) electrons. The summed E-state index contributed by atoms with van der Waals surface area (Å²) >= 11 is 0. The molecule has 0 atom stereocenters. The molecule has 2 N–H and O–H groups in total. The number of fused-ring (bicyclic) bond motifs is 1. The lowest BCUT2D eigenvalue weighted by atomic mass is 10.1. The zero-order valence-electron chi connectivity index (χ0n) is 12.4. The number of carbonyl (C=O) groups excluding carboxylic acids is 1. The van der Waals surface area contributed by atoms with E-state index in [-0.39, 0.29) is 5.91 Å². The van der Waals surface area contributed by atoms with Gasteiger partial charge in [0.25, 0.3) is 0 Å². The second-order valence-electron chi connectivity index (χ2n) is 5.32. The molecule has 4 nitrogen and oxygen atoms in total. The van der Waals surface area contributed by atoms with Crippen LogP contribution in [-0.2, 0) is 17.9 Å². The average molecular weight is 273 g/mol. The van der Waals surface area contributed by atoms with Gasteiger partial charge >= 0.3 is 0 Å². The molecule has 1 heterocycles. The first-order valence-electron chi connectivity index (χ1n) is 7.12. The Kier molecular flexibility index (Phi) is 4.79. The molecule has 108 valence electrons. The van der Waals surface area contributed by atoms with Gasteiger partial charge in [0.15, 0.2) is 0 Å². The van der Waals surface area contributed by atoms with Crippen LogP contribution in [0, 0.1) is 0 Å². The first-order chi connectivity index (χ1) is 9.61. The summed E-state index contributed by atoms with van der Waals surface area (Å²) in [5, 5.41) is 7.37. The second kappa shape index (κ2) is 6.57. The number of aryl methyl sites for hydroxylation is 1. The fourth-order valence-corrected chi connectivity index (χ4v) is 2.30. The highest BCUT2D eigenvalue weighted by Gasteiger charge is 2.07. The minimum Gasteiger partial charge on any atom is -0.359 e. The third-order valence-corrected chi connectivity index (χ3v) is 3.46. The van der Waals surface area contributed by atoms with E-state index in [1.165, 1.54) is 16.5 Å². The van der Waals surface area contributed by atoms with Crippen molar-refractivity contribution in [1.82, 2.24) is 15.2 Å². The van der Waals surface area contributed by atoms with Gasteiger partial charge in [0.1, 0.15) is 0 Å². The maximum absolute atomic E-state index is 11.4. The zero-order valence-corrected chi connectivity index (χ0v) is 12.4. The van der Waals surface area contributed by atoms with Crippen molar-refractivity contribution in [3.05, 3.63) is 36.0 Å². The summed E-state index contributed by atoms with van der Waals surface area (Å²) in [5.41, 5.74) is 2.49. The number of rotatable bonds is 6. The molecule has 1 amide bonds. The maximum atomic E-state index is 11.4. The van der Waals surface area contributed by atoms with E-state index >= 15 is 0 Å². The highest BCUT2D eigenvalue weighted by Crippen LogP contribution is 2.20. The molecule has 2 aromatic rings. The minimum absolute atomic E-state index is 0.0736. The highest BCUT2D eigenvalue weighted by atomic mass is 16.1. The first-order valence-corrected chi connectivity index (χ1v) is 7.12. The lowest BCUT2D eigenvalue weighted by molar-refractivity contribution is -0.120. The molecule has 2 rings (SSSR count). The number of aromatic nitrogens is 1. The van der Waals surface area contributed by atoms with Crippen LogP contribution in [-0.4, -0.2) is 23.6 Å². The largest absolute Gasteiger partial charge is 0.359 e. The number of carbonyl (C=O) groups is 1. The Labute approximate surface area is 120 Å². The fourth-order valence-electron chi connectivity index (χ4n) is 2.30. The highest BCUT2D eigenvalue weighted by molar-refractivity contribution is 5.84. The van der Waals surface area contributed by atoms with Gasteiger partial charge in [0.05, 0.1) is 0 Å². The molecule has 0 saturated carbocycles.